The van der Waals surface area contributed by atoms with Crippen LogP contribution in [-0.2, 0) is 10.2 Å². The number of hydrogen-bond acceptors (Lipinski definition) is 2. The van der Waals surface area contributed by atoms with Gasteiger partial charge in [0, 0.05) is 11.7 Å². The van der Waals surface area contributed by atoms with Gasteiger partial charge in [-0.3, -0.25) is 4.79 Å². The quantitative estimate of drug-likeness (QED) is 0.884. The molecule has 2 heterocycles. The number of piperidine rings is 1. The normalized spacial score (nSPS) is 29.7. The summed E-state index contributed by atoms with van der Waals surface area (Å²) in [6, 6.07) is 9.02. The van der Waals surface area contributed by atoms with Crippen LogP contribution in [-0.4, -0.2) is 29.9 Å². The minimum absolute atomic E-state index is 0.229. The number of benzene rings is 1. The fourth-order valence-electron chi connectivity index (χ4n) is 5.27. The molecule has 3 heteroatoms. The van der Waals surface area contributed by atoms with Crippen molar-refractivity contribution in [2.75, 3.05) is 18.4 Å². The van der Waals surface area contributed by atoms with Crippen LogP contribution in [0.1, 0.15) is 57.9 Å². The zero-order valence-electron chi connectivity index (χ0n) is 15.1. The van der Waals surface area contributed by atoms with E-state index in [0.29, 0.717) is 0 Å². The lowest BCUT2D eigenvalue weighted by Crippen LogP contribution is -2.50. The number of fused-ring (bicyclic) bond motifs is 2. The number of nitrogens with one attached hydrogen (secondary N) is 1. The van der Waals surface area contributed by atoms with E-state index in [1.165, 1.54) is 31.2 Å². The summed E-state index contributed by atoms with van der Waals surface area (Å²) in [4.78, 5) is 15.4. The molecular formula is C21H30N2O. The van der Waals surface area contributed by atoms with E-state index in [1.54, 1.807) is 0 Å². The highest BCUT2D eigenvalue weighted by Crippen LogP contribution is 2.45. The molecule has 24 heavy (non-hydrogen) atoms. The maximum absolute atomic E-state index is 12.7. The Morgan fingerprint density at radius 3 is 2.42 bits per heavy atom. The lowest BCUT2D eigenvalue weighted by atomic mass is 9.72. The van der Waals surface area contributed by atoms with Crippen molar-refractivity contribution in [3.63, 3.8) is 0 Å². The lowest BCUT2D eigenvalue weighted by Gasteiger charge is -2.44. The van der Waals surface area contributed by atoms with E-state index < -0.39 is 0 Å². The summed E-state index contributed by atoms with van der Waals surface area (Å²) in [6.45, 7) is 6.87. The van der Waals surface area contributed by atoms with Crippen molar-refractivity contribution >= 4 is 11.6 Å². The van der Waals surface area contributed by atoms with Gasteiger partial charge in [0.1, 0.15) is 0 Å². The average molecular weight is 326 g/mol. The van der Waals surface area contributed by atoms with Gasteiger partial charge in [-0.2, -0.15) is 0 Å². The number of carbonyl (C=O) groups is 1. The van der Waals surface area contributed by atoms with Crippen molar-refractivity contribution in [3.05, 3.63) is 29.8 Å². The van der Waals surface area contributed by atoms with E-state index >= 15 is 0 Å². The van der Waals surface area contributed by atoms with Crippen molar-refractivity contribution in [1.82, 2.24) is 4.90 Å². The lowest BCUT2D eigenvalue weighted by molar-refractivity contribution is -0.122. The molecule has 130 valence electrons. The Hall–Kier alpha value is -1.35. The second-order valence-corrected chi connectivity index (χ2v) is 8.43. The summed E-state index contributed by atoms with van der Waals surface area (Å²) in [5, 5.41) is 3.11. The summed E-state index contributed by atoms with van der Waals surface area (Å²) >= 11 is 0. The van der Waals surface area contributed by atoms with Crippen molar-refractivity contribution < 1.29 is 4.79 Å². The Labute approximate surface area is 145 Å². The highest BCUT2D eigenvalue weighted by Gasteiger charge is 2.48. The predicted octanol–water partition coefficient (Wildman–Crippen LogP) is 4.19. The monoisotopic (exact) mass is 326 g/mol. The molecule has 0 bridgehead atoms. The summed E-state index contributed by atoms with van der Waals surface area (Å²) in [7, 11) is 0. The molecule has 0 radical (unpaired) electrons. The van der Waals surface area contributed by atoms with Crippen LogP contribution in [0.5, 0.6) is 0 Å². The van der Waals surface area contributed by atoms with Crippen LogP contribution in [0.3, 0.4) is 0 Å². The van der Waals surface area contributed by atoms with Gasteiger partial charge in [-0.15, -0.1) is 0 Å². The molecule has 1 saturated heterocycles. The Morgan fingerprint density at radius 2 is 1.75 bits per heavy atom. The molecule has 2 aliphatic heterocycles. The highest BCUT2D eigenvalue weighted by atomic mass is 16.2. The summed E-state index contributed by atoms with van der Waals surface area (Å²) in [5.74, 6) is 1.98. The third kappa shape index (κ3) is 2.57. The van der Waals surface area contributed by atoms with Gasteiger partial charge in [-0.1, -0.05) is 32.0 Å². The van der Waals surface area contributed by atoms with Gasteiger partial charge in [0.2, 0.25) is 5.91 Å². The fraction of sp³-hybridized carbons (Fsp3) is 0.667. The van der Waals surface area contributed by atoms with Gasteiger partial charge in [0.05, 0.1) is 5.41 Å². The highest BCUT2D eigenvalue weighted by molar-refractivity contribution is 6.06. The van der Waals surface area contributed by atoms with Gasteiger partial charge >= 0.3 is 0 Å². The van der Waals surface area contributed by atoms with Crippen molar-refractivity contribution in [3.8, 4) is 0 Å². The number of para-hydroxylation sites is 1. The molecule has 1 spiro atoms. The van der Waals surface area contributed by atoms with E-state index in [-0.39, 0.29) is 11.3 Å². The van der Waals surface area contributed by atoms with Crippen LogP contribution >= 0.6 is 0 Å². The fourth-order valence-corrected chi connectivity index (χ4v) is 5.27. The molecule has 1 aliphatic carbocycles. The van der Waals surface area contributed by atoms with Gasteiger partial charge in [0.15, 0.2) is 0 Å². The first-order chi connectivity index (χ1) is 11.6. The number of hydrogen-bond donors (Lipinski definition) is 1. The van der Waals surface area contributed by atoms with Gasteiger partial charge < -0.3 is 10.2 Å². The number of rotatable bonds is 2. The molecule has 2 fully saturated rings. The molecule has 3 aliphatic rings. The van der Waals surface area contributed by atoms with E-state index in [0.717, 1.165) is 49.5 Å². The van der Waals surface area contributed by atoms with E-state index in [1.807, 2.05) is 12.1 Å². The second-order valence-electron chi connectivity index (χ2n) is 8.43. The minimum Gasteiger partial charge on any atom is -0.325 e. The first-order valence-corrected chi connectivity index (χ1v) is 9.75. The van der Waals surface area contributed by atoms with E-state index in [2.05, 4.69) is 36.2 Å². The Morgan fingerprint density at radius 1 is 1.08 bits per heavy atom. The maximum atomic E-state index is 12.7. The molecule has 1 N–H and O–H groups in total. The number of nitrogens with zero attached hydrogens (tertiary/aromatic N) is 1. The third-order valence-corrected chi connectivity index (χ3v) is 6.98. The molecule has 4 rings (SSSR count). The number of carbonyl (C=O) groups excluding carboxylic acids is 1. The van der Waals surface area contributed by atoms with Crippen LogP contribution in [0.15, 0.2) is 24.3 Å². The SMILES string of the molecule is CC(C)C1CCC(N2CCC3(CC2)C(=O)Nc2ccccc23)CC1. The van der Waals surface area contributed by atoms with E-state index in [9.17, 15) is 4.79 Å². The van der Waals surface area contributed by atoms with Crippen LogP contribution in [0.2, 0.25) is 0 Å². The van der Waals surface area contributed by atoms with Crippen LogP contribution in [0.4, 0.5) is 5.69 Å². The average Bonchev–Trinajstić information content (AvgIpc) is 2.88. The van der Waals surface area contributed by atoms with Crippen molar-refractivity contribution in [1.29, 1.82) is 0 Å². The van der Waals surface area contributed by atoms with Gasteiger partial charge in [-0.05, 0) is 75.1 Å². The first-order valence-electron chi connectivity index (χ1n) is 9.75. The van der Waals surface area contributed by atoms with Crippen LogP contribution in [0, 0.1) is 11.8 Å². The van der Waals surface area contributed by atoms with Gasteiger partial charge in [0.25, 0.3) is 0 Å². The van der Waals surface area contributed by atoms with Crippen molar-refractivity contribution in [2.45, 2.75) is 63.8 Å². The molecule has 3 nitrogen and oxygen atoms in total. The zero-order chi connectivity index (χ0) is 16.7. The number of anilines is 1. The van der Waals surface area contributed by atoms with E-state index in [4.69, 9.17) is 0 Å². The van der Waals surface area contributed by atoms with Crippen LogP contribution < -0.4 is 5.32 Å². The van der Waals surface area contributed by atoms with Crippen molar-refractivity contribution in [2.24, 2.45) is 11.8 Å². The molecule has 0 aromatic heterocycles. The summed E-state index contributed by atoms with van der Waals surface area (Å²) in [5.41, 5.74) is 2.01. The zero-order valence-corrected chi connectivity index (χ0v) is 15.1. The molecular weight excluding hydrogens is 296 g/mol. The second kappa shape index (κ2) is 6.18. The summed E-state index contributed by atoms with van der Waals surface area (Å²) < 4.78 is 0. The molecule has 0 unspecified atom stereocenters. The first kappa shape index (κ1) is 16.1. The number of amides is 1. The largest absolute Gasteiger partial charge is 0.325 e. The topological polar surface area (TPSA) is 32.3 Å². The molecule has 1 aromatic carbocycles. The molecule has 1 saturated carbocycles. The summed E-state index contributed by atoms with van der Waals surface area (Å²) in [6.07, 6.45) is 7.40. The Balaban J connectivity index is 1.42. The Bertz CT molecular complexity index is 608. The molecule has 1 amide bonds. The predicted molar refractivity (Wildman–Crippen MR) is 98.1 cm³/mol. The molecule has 0 atom stereocenters. The smallest absolute Gasteiger partial charge is 0.235 e. The minimum atomic E-state index is -0.262. The molecule has 1 aromatic rings. The third-order valence-electron chi connectivity index (χ3n) is 6.98. The number of likely N-dealkylation sites (tertiary alicyclic amines) is 1. The standard InChI is InChI=1S/C21H30N2O/c1-15(2)16-7-9-17(10-8-16)23-13-11-21(12-14-23)18-5-3-4-6-19(18)22-20(21)24/h3-6,15-17H,7-14H2,1-2H3,(H,22,24). The Kier molecular flexibility index (Phi) is 4.16. The maximum Gasteiger partial charge on any atom is 0.235 e. The van der Waals surface area contributed by atoms with Crippen LogP contribution in [0.25, 0.3) is 0 Å². The van der Waals surface area contributed by atoms with Gasteiger partial charge in [-0.25, -0.2) is 0 Å².